The summed E-state index contributed by atoms with van der Waals surface area (Å²) in [6.45, 7) is 5.99. The fourth-order valence-electron chi connectivity index (χ4n) is 1.68. The minimum absolute atomic E-state index is 0.108. The van der Waals surface area contributed by atoms with Gasteiger partial charge in [-0.25, -0.2) is 4.57 Å². The van der Waals surface area contributed by atoms with Crippen LogP contribution < -0.4 is 14.9 Å². The van der Waals surface area contributed by atoms with E-state index in [4.69, 9.17) is 9.26 Å². The Morgan fingerprint density at radius 2 is 1.83 bits per heavy atom. The van der Waals surface area contributed by atoms with Crippen LogP contribution in [0, 0.1) is 0 Å². The maximum Gasteiger partial charge on any atom is 0.457 e. The first kappa shape index (κ1) is 19.2. The van der Waals surface area contributed by atoms with Crippen molar-refractivity contribution in [3.8, 4) is 5.75 Å². The van der Waals surface area contributed by atoms with Gasteiger partial charge in [-0.1, -0.05) is 0 Å². The summed E-state index contributed by atoms with van der Waals surface area (Å²) in [5.41, 5.74) is -0.867. The van der Waals surface area contributed by atoms with Gasteiger partial charge in [-0.2, -0.15) is 5.09 Å². The van der Waals surface area contributed by atoms with Gasteiger partial charge in [0, 0.05) is 12.6 Å². The predicted molar refractivity (Wildman–Crippen MR) is 85.0 cm³/mol. The lowest BCUT2D eigenvalue weighted by molar-refractivity contribution is -0.149. The van der Waals surface area contributed by atoms with E-state index in [1.165, 1.54) is 45.0 Å². The molecule has 1 rings (SSSR count). The molecule has 0 heterocycles. The van der Waals surface area contributed by atoms with E-state index in [9.17, 15) is 19.0 Å². The number of amides is 1. The zero-order valence-corrected chi connectivity index (χ0v) is 14.3. The van der Waals surface area contributed by atoms with Crippen LogP contribution in [0.15, 0.2) is 24.3 Å². The SMILES string of the molecule is CCOC(=O)C(C)(C)NP(=O)(O)Oc1ccc(NC(C)=O)cc1. The second-order valence-electron chi connectivity index (χ2n) is 5.27. The second kappa shape index (κ2) is 7.59. The molecule has 0 aliphatic rings. The van der Waals surface area contributed by atoms with E-state index >= 15 is 0 Å². The quantitative estimate of drug-likeness (QED) is 0.512. The Kier molecular flexibility index (Phi) is 6.32. The molecule has 0 aliphatic heterocycles. The summed E-state index contributed by atoms with van der Waals surface area (Å²) < 4.78 is 21.9. The van der Waals surface area contributed by atoms with E-state index in [1.54, 1.807) is 6.92 Å². The van der Waals surface area contributed by atoms with E-state index in [0.29, 0.717) is 5.69 Å². The summed E-state index contributed by atoms with van der Waals surface area (Å²) in [6, 6.07) is 5.89. The van der Waals surface area contributed by atoms with Crippen LogP contribution in [0.3, 0.4) is 0 Å². The fraction of sp³-hybridized carbons (Fsp3) is 0.429. The van der Waals surface area contributed by atoms with Crippen molar-refractivity contribution >= 4 is 25.3 Å². The van der Waals surface area contributed by atoms with Gasteiger partial charge >= 0.3 is 13.7 Å². The fourth-order valence-corrected chi connectivity index (χ4v) is 2.93. The smallest absolute Gasteiger partial charge is 0.457 e. The normalized spacial score (nSPS) is 13.8. The molecule has 1 aromatic carbocycles. The van der Waals surface area contributed by atoms with Crippen LogP contribution in [-0.4, -0.2) is 28.9 Å². The summed E-state index contributed by atoms with van der Waals surface area (Å²) in [4.78, 5) is 32.5. The first-order chi connectivity index (χ1) is 10.6. The minimum Gasteiger partial charge on any atom is -0.465 e. The molecule has 0 fully saturated rings. The van der Waals surface area contributed by atoms with Gasteiger partial charge in [0.15, 0.2) is 0 Å². The number of nitrogens with one attached hydrogen (secondary N) is 2. The highest BCUT2D eigenvalue weighted by Crippen LogP contribution is 2.41. The zero-order valence-electron chi connectivity index (χ0n) is 13.5. The van der Waals surface area contributed by atoms with E-state index < -0.39 is 19.3 Å². The number of rotatable bonds is 7. The second-order valence-corrected chi connectivity index (χ2v) is 6.72. The summed E-state index contributed by atoms with van der Waals surface area (Å²) in [6.07, 6.45) is 0. The van der Waals surface area contributed by atoms with E-state index in [1.807, 2.05) is 0 Å². The van der Waals surface area contributed by atoms with Crippen LogP contribution in [0.5, 0.6) is 5.75 Å². The van der Waals surface area contributed by atoms with Gasteiger partial charge in [0.05, 0.1) is 6.61 Å². The first-order valence-electron chi connectivity index (χ1n) is 6.92. The van der Waals surface area contributed by atoms with Gasteiger partial charge in [-0.3, -0.25) is 9.59 Å². The van der Waals surface area contributed by atoms with Crippen LogP contribution in [0.25, 0.3) is 0 Å². The largest absolute Gasteiger partial charge is 0.465 e. The van der Waals surface area contributed by atoms with Crippen LogP contribution in [0.1, 0.15) is 27.7 Å². The van der Waals surface area contributed by atoms with E-state index in [-0.39, 0.29) is 18.3 Å². The van der Waals surface area contributed by atoms with Crippen LogP contribution in [0.4, 0.5) is 5.69 Å². The van der Waals surface area contributed by atoms with Gasteiger partial charge in [-0.05, 0) is 45.0 Å². The Balaban J connectivity index is 2.76. The number of carbonyl (C=O) groups excluding carboxylic acids is 2. The topological polar surface area (TPSA) is 114 Å². The Hall–Kier alpha value is -1.89. The molecule has 0 aromatic heterocycles. The van der Waals surface area contributed by atoms with Crippen molar-refractivity contribution in [3.63, 3.8) is 0 Å². The number of esters is 1. The lowest BCUT2D eigenvalue weighted by atomic mass is 10.1. The average Bonchev–Trinajstić information content (AvgIpc) is 2.39. The third-order valence-electron chi connectivity index (χ3n) is 2.61. The lowest BCUT2D eigenvalue weighted by Crippen LogP contribution is -2.46. The van der Waals surface area contributed by atoms with Gasteiger partial charge in [-0.15, -0.1) is 0 Å². The van der Waals surface area contributed by atoms with Crippen molar-refractivity contribution in [1.82, 2.24) is 5.09 Å². The third kappa shape index (κ3) is 6.40. The number of hydrogen-bond donors (Lipinski definition) is 3. The number of carbonyl (C=O) groups is 2. The molecule has 0 saturated heterocycles. The van der Waals surface area contributed by atoms with Crippen molar-refractivity contribution < 1.29 is 28.3 Å². The summed E-state index contributed by atoms with van der Waals surface area (Å²) in [5.74, 6) is -0.791. The van der Waals surface area contributed by atoms with Gasteiger partial charge < -0.3 is 19.5 Å². The highest BCUT2D eigenvalue weighted by Gasteiger charge is 2.37. The molecule has 3 N–H and O–H groups in total. The van der Waals surface area contributed by atoms with E-state index in [0.717, 1.165) is 0 Å². The van der Waals surface area contributed by atoms with E-state index in [2.05, 4.69) is 10.4 Å². The Morgan fingerprint density at radius 3 is 2.30 bits per heavy atom. The van der Waals surface area contributed by atoms with Crippen LogP contribution in [0.2, 0.25) is 0 Å². The Bertz CT molecular complexity index is 614. The van der Waals surface area contributed by atoms with Gasteiger partial charge in [0.25, 0.3) is 0 Å². The monoisotopic (exact) mass is 344 g/mol. The maximum absolute atomic E-state index is 12.1. The summed E-state index contributed by atoms with van der Waals surface area (Å²) >= 11 is 0. The summed E-state index contributed by atoms with van der Waals surface area (Å²) in [7, 11) is -4.29. The minimum atomic E-state index is -4.29. The standard InChI is InChI=1S/C14H21N2O6P/c1-5-21-13(18)14(3,4)16-23(19,20)22-12-8-6-11(7-9-12)15-10(2)17/h6-9H,5H2,1-4H3,(H,15,17)(H2,16,19,20). The number of anilines is 1. The molecule has 0 radical (unpaired) electrons. The average molecular weight is 344 g/mol. The molecular formula is C14H21N2O6P. The van der Waals surface area contributed by atoms with Crippen molar-refractivity contribution in [2.75, 3.05) is 11.9 Å². The van der Waals surface area contributed by atoms with Crippen LogP contribution in [-0.2, 0) is 18.9 Å². The molecule has 1 unspecified atom stereocenters. The number of benzene rings is 1. The molecule has 0 saturated carbocycles. The van der Waals surface area contributed by atoms with Gasteiger partial charge in [0.1, 0.15) is 11.3 Å². The highest BCUT2D eigenvalue weighted by molar-refractivity contribution is 7.51. The molecule has 1 atom stereocenters. The molecular weight excluding hydrogens is 323 g/mol. The highest BCUT2D eigenvalue weighted by atomic mass is 31.2. The first-order valence-corrected chi connectivity index (χ1v) is 8.50. The molecule has 9 heteroatoms. The lowest BCUT2D eigenvalue weighted by Gasteiger charge is -2.26. The summed E-state index contributed by atoms with van der Waals surface area (Å²) in [5, 5.41) is 4.82. The zero-order chi connectivity index (χ0) is 17.7. The Labute approximate surface area is 134 Å². The third-order valence-corrected chi connectivity index (χ3v) is 3.91. The molecule has 23 heavy (non-hydrogen) atoms. The number of ether oxygens (including phenoxy) is 1. The van der Waals surface area contributed by atoms with Crippen molar-refractivity contribution in [2.24, 2.45) is 0 Å². The van der Waals surface area contributed by atoms with Crippen molar-refractivity contribution in [1.29, 1.82) is 0 Å². The molecule has 128 valence electrons. The number of hydrogen-bond acceptors (Lipinski definition) is 5. The molecule has 0 spiro atoms. The molecule has 8 nitrogen and oxygen atoms in total. The molecule has 1 amide bonds. The molecule has 0 bridgehead atoms. The predicted octanol–water partition coefficient (Wildman–Crippen LogP) is 2.06. The molecule has 0 aliphatic carbocycles. The Morgan fingerprint density at radius 1 is 1.26 bits per heavy atom. The maximum atomic E-state index is 12.1. The van der Waals surface area contributed by atoms with Gasteiger partial charge in [0.2, 0.25) is 5.91 Å². The van der Waals surface area contributed by atoms with Crippen LogP contribution >= 0.6 is 7.75 Å². The van der Waals surface area contributed by atoms with Crippen molar-refractivity contribution in [3.05, 3.63) is 24.3 Å². The molecule has 1 aromatic rings. The van der Waals surface area contributed by atoms with Crippen molar-refractivity contribution in [2.45, 2.75) is 33.2 Å².